The Hall–Kier alpha value is -7.03. The average molecular weight is 1310 g/mol. The topological polar surface area (TPSA) is 362 Å². The number of likely N-dealkylation sites (tertiary alicyclic amines) is 2. The molecule has 8 heterocycles. The van der Waals surface area contributed by atoms with Crippen molar-refractivity contribution in [2.24, 2.45) is 11.8 Å². The number of anilines is 4. The number of nitrogens with two attached hydrogens (primary N) is 2. The third kappa shape index (κ3) is 15.4. The number of rotatable bonds is 14. The smallest absolute Gasteiger partial charge is 0.321 e. The number of piperidine rings is 2. The summed E-state index contributed by atoms with van der Waals surface area (Å²) in [5.74, 6) is 0.618. The van der Waals surface area contributed by atoms with E-state index in [2.05, 4.69) is 58.1 Å². The highest BCUT2D eigenvalue weighted by molar-refractivity contribution is 14.1. The summed E-state index contributed by atoms with van der Waals surface area (Å²) in [7, 11) is 0. The van der Waals surface area contributed by atoms with Crippen molar-refractivity contribution in [3.8, 4) is 0 Å². The van der Waals surface area contributed by atoms with Crippen molar-refractivity contribution in [3.63, 3.8) is 0 Å². The lowest BCUT2D eigenvalue weighted by atomic mass is 9.91. The van der Waals surface area contributed by atoms with Gasteiger partial charge in [0.2, 0.25) is 0 Å². The van der Waals surface area contributed by atoms with Gasteiger partial charge in [-0.1, -0.05) is 27.2 Å². The van der Waals surface area contributed by atoms with Gasteiger partial charge in [0.1, 0.15) is 52.9 Å². The van der Waals surface area contributed by atoms with Gasteiger partial charge in [0.25, 0.3) is 11.8 Å². The Morgan fingerprint density at radius 1 is 0.605 bits per heavy atom. The summed E-state index contributed by atoms with van der Waals surface area (Å²) in [5, 5.41) is 52.9. The number of hydrogen-bond donors (Lipinski definition) is 10. The molecule has 0 bridgehead atoms. The lowest BCUT2D eigenvalue weighted by molar-refractivity contribution is -0.138. The van der Waals surface area contributed by atoms with E-state index in [9.17, 15) is 48.4 Å². The fourth-order valence-electron chi connectivity index (χ4n) is 10.9. The summed E-state index contributed by atoms with van der Waals surface area (Å²) in [5.41, 5.74) is 14.6. The molecule has 2 aliphatic carbocycles. The van der Waals surface area contributed by atoms with Crippen LogP contribution in [0.3, 0.4) is 0 Å². The maximum absolute atomic E-state index is 13.1. The lowest BCUT2D eigenvalue weighted by Crippen LogP contribution is -2.43. The molecule has 86 heavy (non-hydrogen) atoms. The summed E-state index contributed by atoms with van der Waals surface area (Å²) in [4.78, 5) is 78.6. The molecule has 4 aliphatic heterocycles. The van der Waals surface area contributed by atoms with Crippen molar-refractivity contribution >= 4 is 91.8 Å². The van der Waals surface area contributed by atoms with Crippen LogP contribution >= 0.6 is 22.6 Å². The maximum Gasteiger partial charge on any atom is 0.321 e. The molecule has 8 atom stereocenters. The van der Waals surface area contributed by atoms with Gasteiger partial charge in [-0.05, 0) is 125 Å². The van der Waals surface area contributed by atoms with Crippen LogP contribution in [0.5, 0.6) is 0 Å². The quantitative estimate of drug-likeness (QED) is 0.0499. The largest absolute Gasteiger partial charge is 0.387 e. The van der Waals surface area contributed by atoms with Gasteiger partial charge >= 0.3 is 12.1 Å². The highest BCUT2D eigenvalue weighted by Crippen LogP contribution is 2.36. The predicted molar refractivity (Wildman–Crippen MR) is 320 cm³/mol. The second-order valence-electron chi connectivity index (χ2n) is 22.4. The molecule has 26 nitrogen and oxygen atoms in total. The number of nitrogens with one attached hydrogen (secondary N) is 4. The third-order valence-corrected chi connectivity index (χ3v) is 16.5. The van der Waals surface area contributed by atoms with Gasteiger partial charge in [-0.3, -0.25) is 18.7 Å². The van der Waals surface area contributed by atoms with Crippen molar-refractivity contribution in [1.29, 1.82) is 0 Å². The monoisotopic (exact) mass is 1310 g/mol. The second kappa shape index (κ2) is 28.2. The number of halogens is 3. The first kappa shape index (κ1) is 63.5. The van der Waals surface area contributed by atoms with E-state index in [-0.39, 0.29) is 54.8 Å². The average Bonchev–Trinajstić information content (AvgIpc) is 1.78. The molecule has 0 spiro atoms. The van der Waals surface area contributed by atoms with Crippen LogP contribution in [-0.2, 0) is 25.5 Å². The van der Waals surface area contributed by atoms with Crippen molar-refractivity contribution in [2.75, 3.05) is 48.3 Å². The molecular formula is C57H75F2IN16O10. The van der Waals surface area contributed by atoms with Crippen molar-refractivity contribution in [1.82, 2.24) is 59.5 Å². The van der Waals surface area contributed by atoms with Crippen molar-refractivity contribution in [3.05, 3.63) is 82.5 Å². The van der Waals surface area contributed by atoms with Gasteiger partial charge < -0.3 is 72.4 Å². The maximum atomic E-state index is 13.1. The molecule has 2 unspecified atom stereocenters. The number of carbonyl (C=O) groups is 4. The molecule has 464 valence electrons. The minimum atomic E-state index is -1.40. The van der Waals surface area contributed by atoms with Gasteiger partial charge in [0.15, 0.2) is 51.4 Å². The molecule has 2 saturated carbocycles. The fraction of sp³-hybridized carbons (Fsp3) is 0.544. The van der Waals surface area contributed by atoms with Crippen LogP contribution in [-0.4, -0.2) is 168 Å². The first-order valence-corrected chi connectivity index (χ1v) is 29.9. The summed E-state index contributed by atoms with van der Waals surface area (Å²) >= 11 is 1.91. The first-order valence-electron chi connectivity index (χ1n) is 28.8. The SMILES string of the molecule is C.CCCC1CCN(C(=O)Nc2ccc(F)cc2)CC1.Nc1nc(CCCC2CCN(C(=O)Nc3ccc(F)cc3)CC2)nc2c1ncn2[C@@H]1O[C@H](C(=O)NC2CC2)C(O)[C@@H]1O.Nc1nc(I)nc2c1ncn2[C@@H]1O[C@H](C(=O)NC2CC2)C(O)[C@@H]1O. The Morgan fingerprint density at radius 2 is 1.02 bits per heavy atom. The number of aromatic nitrogens is 8. The van der Waals surface area contributed by atoms with Crippen molar-refractivity contribution in [2.45, 2.75) is 159 Å². The number of aliphatic hydroxyl groups excluding tert-OH is 4. The highest BCUT2D eigenvalue weighted by Gasteiger charge is 2.50. The molecule has 12 N–H and O–H groups in total. The summed E-state index contributed by atoms with van der Waals surface area (Å²) in [6.07, 6.45) is 5.33. The number of aryl methyl sites for hydroxylation is 1. The van der Waals surface area contributed by atoms with Gasteiger partial charge in [-0.15, -0.1) is 0 Å². The van der Waals surface area contributed by atoms with Crippen LogP contribution in [0.2, 0.25) is 0 Å². The Morgan fingerprint density at radius 3 is 1.45 bits per heavy atom. The zero-order valence-electron chi connectivity index (χ0n) is 46.7. The van der Waals surface area contributed by atoms with Gasteiger partial charge in [-0.2, -0.15) is 0 Å². The van der Waals surface area contributed by atoms with Crippen LogP contribution < -0.4 is 32.7 Å². The summed E-state index contributed by atoms with van der Waals surface area (Å²) in [6, 6.07) is 11.5. The minimum absolute atomic E-state index is 0. The lowest BCUT2D eigenvalue weighted by Gasteiger charge is -2.32. The van der Waals surface area contributed by atoms with Crippen LogP contribution in [0.15, 0.2) is 61.2 Å². The van der Waals surface area contributed by atoms with E-state index in [4.69, 9.17) is 20.9 Å². The van der Waals surface area contributed by atoms with E-state index >= 15 is 0 Å². The normalized spacial score (nSPS) is 24.0. The number of amides is 6. The van der Waals surface area contributed by atoms with E-state index in [1.54, 1.807) is 17.0 Å². The molecule has 6 amide bonds. The highest BCUT2D eigenvalue weighted by atomic mass is 127. The molecule has 2 aromatic carbocycles. The van der Waals surface area contributed by atoms with E-state index in [0.717, 1.165) is 83.2 Å². The summed E-state index contributed by atoms with van der Waals surface area (Å²) in [6.45, 7) is 5.12. The molecule has 6 fully saturated rings. The van der Waals surface area contributed by atoms with Gasteiger partial charge in [0, 0.05) is 78.6 Å². The molecule has 6 aliphatic rings. The van der Waals surface area contributed by atoms with Crippen LogP contribution in [0.4, 0.5) is 41.4 Å². The first-order chi connectivity index (χ1) is 40.9. The zero-order chi connectivity index (χ0) is 60.1. The second-order valence-corrected chi connectivity index (χ2v) is 23.4. The predicted octanol–water partition coefficient (Wildman–Crippen LogP) is 5.13. The van der Waals surface area contributed by atoms with E-state index in [1.165, 1.54) is 71.0 Å². The molecule has 4 aromatic heterocycles. The number of fused-ring (bicyclic) bond motifs is 2. The Balaban J connectivity index is 0.000000169. The number of nitrogens with zero attached hydrogens (tertiary/aromatic N) is 10. The number of benzene rings is 2. The number of hydrogen-bond acceptors (Lipinski definition) is 18. The number of urea groups is 2. The number of imidazole rings is 2. The molecule has 29 heteroatoms. The van der Waals surface area contributed by atoms with E-state index in [1.807, 2.05) is 27.5 Å². The zero-order valence-corrected chi connectivity index (χ0v) is 48.9. The van der Waals surface area contributed by atoms with E-state index < -0.39 is 60.9 Å². The molecule has 6 aromatic rings. The Labute approximate surface area is 508 Å². The molecule has 12 rings (SSSR count). The molecule has 0 radical (unpaired) electrons. The Kier molecular flexibility index (Phi) is 20.8. The molecule has 4 saturated heterocycles. The number of nitrogen functional groups attached to an aromatic ring is 2. The molecular weight excluding hydrogens is 1230 g/mol. The third-order valence-electron chi connectivity index (χ3n) is 16.0. The number of ether oxygens (including phenoxy) is 2. The summed E-state index contributed by atoms with van der Waals surface area (Å²) < 4.78 is 40.6. The van der Waals surface area contributed by atoms with Gasteiger partial charge in [-0.25, -0.2) is 48.3 Å². The standard InChI is InChI=1S/C28H35FN8O5.C15H21FN2O.C13H15IN6O4.CH4/c29-16-4-6-18(7-5-16)33-28(41)36-12-10-15(11-13-36)2-1-3-19-34-24(30)20-25(35-19)37(14-31-20)27-22(39)21(38)23(42-27)26(40)32-17-8-9-17;1-2-3-12-8-10-18(11-9-12)15(19)17-14-6-4-13(16)5-7-14;14-13-18-9(15)5-10(19-13)20(3-16-5)12-7(22)6(21)8(24-12)11(23)17-4-1-2-4;/h4-7,14-15,17,21-23,27,38-39H,1-3,8-13H2,(H,32,40)(H,33,41)(H2,30,34,35);4-7,12H,2-3,8-11H2,1H3,(H,17,19);3-4,6-8,12,21-22H,1-2H2,(H,17,23)(H2,15,18,19);1H4/t21?,22-,23-,27+;;6?,7-,8-,12+;/m0.0./s1. The fourth-order valence-corrected chi connectivity index (χ4v) is 11.4. The van der Waals surface area contributed by atoms with Gasteiger partial charge in [0.05, 0.1) is 12.7 Å². The van der Waals surface area contributed by atoms with Crippen LogP contribution in [0, 0.1) is 27.3 Å². The number of carbonyl (C=O) groups excluding carboxylic acids is 4. The Bertz CT molecular complexity index is 3310. The van der Waals surface area contributed by atoms with Crippen LogP contribution in [0.25, 0.3) is 22.3 Å². The van der Waals surface area contributed by atoms with Crippen molar-refractivity contribution < 1.29 is 57.9 Å². The van der Waals surface area contributed by atoms with Crippen LogP contribution in [0.1, 0.15) is 110 Å². The minimum Gasteiger partial charge on any atom is -0.387 e. The van der Waals surface area contributed by atoms with E-state index in [0.29, 0.717) is 68.8 Å². The number of aliphatic hydroxyl groups is 4.